The number of anilines is 1. The van der Waals surface area contributed by atoms with E-state index in [4.69, 9.17) is 0 Å². The molecule has 2 rings (SSSR count). The normalized spacial score (nSPS) is 14.4. The van der Waals surface area contributed by atoms with E-state index in [0.29, 0.717) is 23.4 Å². The van der Waals surface area contributed by atoms with Crippen molar-refractivity contribution >= 4 is 21.6 Å². The van der Waals surface area contributed by atoms with Crippen molar-refractivity contribution in [3.63, 3.8) is 0 Å². The summed E-state index contributed by atoms with van der Waals surface area (Å²) in [4.78, 5) is 13.4. The summed E-state index contributed by atoms with van der Waals surface area (Å²) in [6.07, 6.45) is 0. The molecule has 6 heteroatoms. The number of amides is 1. The molecule has 1 aliphatic rings. The van der Waals surface area contributed by atoms with Gasteiger partial charge in [-0.25, -0.2) is 8.42 Å². The Labute approximate surface area is 113 Å². The Bertz CT molecular complexity index is 650. The zero-order valence-corrected chi connectivity index (χ0v) is 11.8. The highest BCUT2D eigenvalue weighted by Crippen LogP contribution is 2.25. The van der Waals surface area contributed by atoms with Gasteiger partial charge in [-0.1, -0.05) is 18.2 Å². The number of carbonyl (C=O) groups excluding carboxylic acids is 1. The van der Waals surface area contributed by atoms with Crippen LogP contribution in [-0.4, -0.2) is 32.0 Å². The minimum Gasteiger partial charge on any atom is -0.337 e. The van der Waals surface area contributed by atoms with Gasteiger partial charge in [0, 0.05) is 24.8 Å². The lowest BCUT2D eigenvalue weighted by Crippen LogP contribution is -2.18. The highest BCUT2D eigenvalue weighted by Gasteiger charge is 2.24. The molecule has 0 atom stereocenters. The molecule has 1 N–H and O–H groups in total. The molecule has 0 saturated heterocycles. The minimum atomic E-state index is -3.46. The van der Waals surface area contributed by atoms with Crippen molar-refractivity contribution in [2.24, 2.45) is 0 Å². The van der Waals surface area contributed by atoms with Gasteiger partial charge in [0.2, 0.25) is 10.0 Å². The molecule has 0 bridgehead atoms. The Balaban J connectivity index is 2.25. The van der Waals surface area contributed by atoms with Gasteiger partial charge in [0.15, 0.2) is 0 Å². The van der Waals surface area contributed by atoms with Crippen molar-refractivity contribution in [2.75, 3.05) is 17.5 Å². The lowest BCUT2D eigenvalue weighted by molar-refractivity contribution is 0.0816. The standard InChI is InChI=1S/C13H16N2O3S/c1-9(2)8-19(17,18)14-11-5-4-10-7-15(3)13(16)12(10)6-11/h4-6,14H,1,7-8H2,2-3H3. The van der Waals surface area contributed by atoms with Gasteiger partial charge >= 0.3 is 0 Å². The Morgan fingerprint density at radius 1 is 1.47 bits per heavy atom. The van der Waals surface area contributed by atoms with E-state index in [9.17, 15) is 13.2 Å². The molecule has 19 heavy (non-hydrogen) atoms. The molecule has 0 spiro atoms. The predicted octanol–water partition coefficient (Wildman–Crippen LogP) is 1.59. The predicted molar refractivity (Wildman–Crippen MR) is 74.5 cm³/mol. The maximum absolute atomic E-state index is 11.8. The maximum Gasteiger partial charge on any atom is 0.254 e. The number of carbonyl (C=O) groups is 1. The third-order valence-corrected chi connectivity index (χ3v) is 4.22. The van der Waals surface area contributed by atoms with Crippen molar-refractivity contribution in [1.82, 2.24) is 4.90 Å². The molecule has 1 heterocycles. The van der Waals surface area contributed by atoms with Crippen molar-refractivity contribution in [1.29, 1.82) is 0 Å². The van der Waals surface area contributed by atoms with Crippen molar-refractivity contribution in [3.8, 4) is 0 Å². The van der Waals surface area contributed by atoms with E-state index in [0.717, 1.165) is 5.56 Å². The van der Waals surface area contributed by atoms with Crippen LogP contribution in [0.15, 0.2) is 30.4 Å². The number of hydrogen-bond acceptors (Lipinski definition) is 3. The number of nitrogens with one attached hydrogen (secondary N) is 1. The van der Waals surface area contributed by atoms with Gasteiger partial charge in [-0.05, 0) is 24.6 Å². The number of rotatable bonds is 4. The molecule has 1 aliphatic heterocycles. The van der Waals surface area contributed by atoms with Crippen molar-refractivity contribution in [2.45, 2.75) is 13.5 Å². The quantitative estimate of drug-likeness (QED) is 0.852. The summed E-state index contributed by atoms with van der Waals surface area (Å²) >= 11 is 0. The molecule has 0 fully saturated rings. The second-order valence-electron chi connectivity index (χ2n) is 4.85. The maximum atomic E-state index is 11.8. The van der Waals surface area contributed by atoms with E-state index in [1.165, 1.54) is 0 Å². The van der Waals surface area contributed by atoms with Crippen LogP contribution in [-0.2, 0) is 16.6 Å². The van der Waals surface area contributed by atoms with Gasteiger partial charge in [-0.3, -0.25) is 9.52 Å². The summed E-state index contributed by atoms with van der Waals surface area (Å²) in [5.41, 5.74) is 2.43. The molecular formula is C13H16N2O3S. The molecule has 1 amide bonds. The molecule has 1 aromatic carbocycles. The summed E-state index contributed by atoms with van der Waals surface area (Å²) in [6, 6.07) is 5.02. The Hall–Kier alpha value is -1.82. The first kappa shape index (κ1) is 13.6. The summed E-state index contributed by atoms with van der Waals surface area (Å²) < 4.78 is 26.0. The van der Waals surface area contributed by atoms with E-state index in [2.05, 4.69) is 11.3 Å². The minimum absolute atomic E-state index is 0.0871. The van der Waals surface area contributed by atoms with Crippen LogP contribution in [0, 0.1) is 0 Å². The number of hydrogen-bond donors (Lipinski definition) is 1. The molecule has 0 unspecified atom stereocenters. The van der Waals surface area contributed by atoms with Crippen LogP contribution < -0.4 is 4.72 Å². The first-order valence-electron chi connectivity index (χ1n) is 5.82. The van der Waals surface area contributed by atoms with E-state index < -0.39 is 10.0 Å². The number of sulfonamides is 1. The average molecular weight is 280 g/mol. The van der Waals surface area contributed by atoms with E-state index in [-0.39, 0.29) is 11.7 Å². The van der Waals surface area contributed by atoms with Gasteiger partial charge in [0.25, 0.3) is 5.91 Å². The van der Waals surface area contributed by atoms with Crippen LogP contribution in [0.25, 0.3) is 0 Å². The van der Waals surface area contributed by atoms with Gasteiger partial charge in [-0.2, -0.15) is 0 Å². The van der Waals surface area contributed by atoms with Crippen LogP contribution in [0.3, 0.4) is 0 Å². The number of nitrogens with zero attached hydrogens (tertiary/aromatic N) is 1. The van der Waals surface area contributed by atoms with E-state index in [1.54, 1.807) is 37.1 Å². The molecule has 0 saturated carbocycles. The van der Waals surface area contributed by atoms with E-state index >= 15 is 0 Å². The monoisotopic (exact) mass is 280 g/mol. The van der Waals surface area contributed by atoms with Crippen LogP contribution >= 0.6 is 0 Å². The van der Waals surface area contributed by atoms with Gasteiger partial charge < -0.3 is 4.90 Å². The summed E-state index contributed by atoms with van der Waals surface area (Å²) in [5.74, 6) is -0.214. The van der Waals surface area contributed by atoms with Crippen LogP contribution in [0.1, 0.15) is 22.8 Å². The summed E-state index contributed by atoms with van der Waals surface area (Å²) in [6.45, 7) is 5.80. The van der Waals surface area contributed by atoms with Gasteiger partial charge in [0.1, 0.15) is 0 Å². The summed E-state index contributed by atoms with van der Waals surface area (Å²) in [5, 5.41) is 0. The lowest BCUT2D eigenvalue weighted by atomic mass is 10.1. The van der Waals surface area contributed by atoms with E-state index in [1.807, 2.05) is 0 Å². The SMILES string of the molecule is C=C(C)CS(=O)(=O)Nc1ccc2c(c1)C(=O)N(C)C2. The lowest BCUT2D eigenvalue weighted by Gasteiger charge is -2.08. The average Bonchev–Trinajstić information content (AvgIpc) is 2.53. The zero-order chi connectivity index (χ0) is 14.2. The van der Waals surface area contributed by atoms with Gasteiger partial charge in [-0.15, -0.1) is 0 Å². The third-order valence-electron chi connectivity index (χ3n) is 2.80. The molecule has 0 aliphatic carbocycles. The first-order chi connectivity index (χ1) is 8.78. The second kappa shape index (κ2) is 4.70. The van der Waals surface area contributed by atoms with Crippen molar-refractivity contribution < 1.29 is 13.2 Å². The molecule has 1 aromatic rings. The largest absolute Gasteiger partial charge is 0.337 e. The zero-order valence-electron chi connectivity index (χ0n) is 10.9. The third kappa shape index (κ3) is 2.96. The molecule has 0 aromatic heterocycles. The fourth-order valence-corrected chi connectivity index (χ4v) is 3.26. The highest BCUT2D eigenvalue weighted by molar-refractivity contribution is 7.92. The van der Waals surface area contributed by atoms with Crippen LogP contribution in [0.5, 0.6) is 0 Å². The van der Waals surface area contributed by atoms with Crippen molar-refractivity contribution in [3.05, 3.63) is 41.5 Å². The Kier molecular flexibility index (Phi) is 3.36. The highest BCUT2D eigenvalue weighted by atomic mass is 32.2. The Morgan fingerprint density at radius 3 is 2.79 bits per heavy atom. The van der Waals surface area contributed by atoms with Crippen LogP contribution in [0.4, 0.5) is 5.69 Å². The number of fused-ring (bicyclic) bond motifs is 1. The van der Waals surface area contributed by atoms with Crippen LogP contribution in [0.2, 0.25) is 0 Å². The molecule has 102 valence electrons. The first-order valence-corrected chi connectivity index (χ1v) is 7.47. The smallest absolute Gasteiger partial charge is 0.254 e. The molecule has 5 nitrogen and oxygen atoms in total. The Morgan fingerprint density at radius 2 is 2.16 bits per heavy atom. The topological polar surface area (TPSA) is 66.5 Å². The molecule has 0 radical (unpaired) electrons. The fourth-order valence-electron chi connectivity index (χ4n) is 2.05. The number of benzene rings is 1. The fraction of sp³-hybridized carbons (Fsp3) is 0.308. The molecular weight excluding hydrogens is 264 g/mol. The van der Waals surface area contributed by atoms with Gasteiger partial charge in [0.05, 0.1) is 5.75 Å². The second-order valence-corrected chi connectivity index (χ2v) is 6.57. The summed E-state index contributed by atoms with van der Waals surface area (Å²) in [7, 11) is -1.74.